The molecule has 0 bridgehead atoms. The van der Waals surface area contributed by atoms with E-state index in [0.717, 1.165) is 17.2 Å². The molecule has 2 aliphatic rings. The zero-order valence-corrected chi connectivity index (χ0v) is 17.7. The molecule has 0 unspecified atom stereocenters. The number of para-hydroxylation sites is 1. The van der Waals surface area contributed by atoms with Gasteiger partial charge in [0.1, 0.15) is 5.75 Å². The van der Waals surface area contributed by atoms with Gasteiger partial charge in [-0.15, -0.1) is 0 Å². The van der Waals surface area contributed by atoms with Crippen molar-refractivity contribution in [3.8, 4) is 5.75 Å². The highest BCUT2D eigenvalue weighted by molar-refractivity contribution is 5.80. The molecule has 0 atom stereocenters. The summed E-state index contributed by atoms with van der Waals surface area (Å²) >= 11 is 0. The van der Waals surface area contributed by atoms with E-state index in [1.807, 2.05) is 18.2 Å². The molecule has 5 rings (SSSR count). The number of aromatic amines is 1. The summed E-state index contributed by atoms with van der Waals surface area (Å²) in [5.74, 6) is 0.638. The molecule has 1 amide bonds. The van der Waals surface area contributed by atoms with Gasteiger partial charge in [-0.3, -0.25) is 9.36 Å². The van der Waals surface area contributed by atoms with Crippen LogP contribution in [-0.4, -0.2) is 40.2 Å². The molecule has 33 heavy (non-hydrogen) atoms. The first kappa shape index (κ1) is 21.6. The topological polar surface area (TPSA) is 76.6 Å². The second-order valence-corrected chi connectivity index (χ2v) is 8.29. The monoisotopic (exact) mass is 461 g/mol. The average Bonchev–Trinajstić information content (AvgIpc) is 3.14. The van der Waals surface area contributed by atoms with Crippen LogP contribution in [0.5, 0.6) is 5.75 Å². The smallest absolute Gasteiger partial charge is 0.418 e. The minimum absolute atomic E-state index is 0.0744. The summed E-state index contributed by atoms with van der Waals surface area (Å²) in [7, 11) is 0. The van der Waals surface area contributed by atoms with Crippen LogP contribution in [0, 0.1) is 0 Å². The van der Waals surface area contributed by atoms with Crippen LogP contribution in [0.1, 0.15) is 35.6 Å². The maximum Gasteiger partial charge on any atom is 0.418 e. The van der Waals surface area contributed by atoms with Crippen LogP contribution in [0.15, 0.2) is 41.2 Å². The van der Waals surface area contributed by atoms with Crippen molar-refractivity contribution >= 4 is 16.9 Å². The fraction of sp³-hybridized carbons (Fsp3) is 0.391. The number of hydrogen-bond donors (Lipinski definition) is 1. The Labute approximate surface area is 186 Å². The third-order valence-electron chi connectivity index (χ3n) is 6.34. The molecule has 2 aromatic carbocycles. The zero-order valence-electron chi connectivity index (χ0n) is 17.7. The Hall–Kier alpha value is -3.27. The average molecular weight is 461 g/mol. The van der Waals surface area contributed by atoms with E-state index in [2.05, 4.69) is 4.98 Å². The standard InChI is InChI=1S/C23H22F3N3O4/c24-23(25,26)17-4-2-5-18-21(17)29(22(31)27-18)15-7-9-28(10-8-15)20(30)11-14-3-1-6-19-16(14)12-32-13-33-19/h1-6,15H,7-13H2,(H,27,31). The van der Waals surface area contributed by atoms with Gasteiger partial charge in [0.15, 0.2) is 6.79 Å². The summed E-state index contributed by atoms with van der Waals surface area (Å²) < 4.78 is 52.7. The van der Waals surface area contributed by atoms with Gasteiger partial charge in [0, 0.05) is 24.7 Å². The van der Waals surface area contributed by atoms with E-state index < -0.39 is 23.5 Å². The lowest BCUT2D eigenvalue weighted by Crippen LogP contribution is -2.41. The van der Waals surface area contributed by atoms with Crippen LogP contribution in [0.25, 0.3) is 11.0 Å². The van der Waals surface area contributed by atoms with Gasteiger partial charge in [0.2, 0.25) is 5.91 Å². The third-order valence-corrected chi connectivity index (χ3v) is 6.34. The molecule has 174 valence electrons. The van der Waals surface area contributed by atoms with Crippen molar-refractivity contribution in [1.29, 1.82) is 0 Å². The lowest BCUT2D eigenvalue weighted by Gasteiger charge is -2.33. The second-order valence-electron chi connectivity index (χ2n) is 8.29. The number of rotatable bonds is 3. The van der Waals surface area contributed by atoms with Crippen LogP contribution in [0.3, 0.4) is 0 Å². The number of carbonyl (C=O) groups excluding carboxylic acids is 1. The molecule has 0 radical (unpaired) electrons. The van der Waals surface area contributed by atoms with E-state index in [1.165, 1.54) is 16.7 Å². The van der Waals surface area contributed by atoms with E-state index in [1.54, 1.807) is 4.90 Å². The molecule has 1 N–H and O–H groups in total. The molecule has 2 aliphatic heterocycles. The fourth-order valence-electron chi connectivity index (χ4n) is 4.73. The summed E-state index contributed by atoms with van der Waals surface area (Å²) in [4.78, 5) is 29.7. The number of nitrogens with one attached hydrogen (secondary N) is 1. The largest absolute Gasteiger partial charge is 0.467 e. The van der Waals surface area contributed by atoms with Gasteiger partial charge < -0.3 is 19.4 Å². The molecule has 10 heteroatoms. The van der Waals surface area contributed by atoms with E-state index in [4.69, 9.17) is 9.47 Å². The molecular weight excluding hydrogens is 439 g/mol. The van der Waals surface area contributed by atoms with Gasteiger partial charge >= 0.3 is 11.9 Å². The van der Waals surface area contributed by atoms with Crippen molar-refractivity contribution in [2.24, 2.45) is 0 Å². The van der Waals surface area contributed by atoms with Crippen LogP contribution in [-0.2, 0) is 28.7 Å². The van der Waals surface area contributed by atoms with E-state index in [9.17, 15) is 22.8 Å². The molecule has 3 aromatic rings. The zero-order chi connectivity index (χ0) is 23.2. The van der Waals surface area contributed by atoms with Crippen LogP contribution < -0.4 is 10.4 Å². The molecule has 1 fully saturated rings. The number of hydrogen-bond acceptors (Lipinski definition) is 4. The minimum atomic E-state index is -4.57. The number of halogens is 3. The molecule has 0 spiro atoms. The number of aromatic nitrogens is 2. The first-order valence-corrected chi connectivity index (χ1v) is 10.7. The van der Waals surface area contributed by atoms with E-state index in [0.29, 0.717) is 38.3 Å². The molecule has 7 nitrogen and oxygen atoms in total. The van der Waals surface area contributed by atoms with Crippen molar-refractivity contribution in [3.63, 3.8) is 0 Å². The summed E-state index contributed by atoms with van der Waals surface area (Å²) in [6.07, 6.45) is -3.60. The molecule has 3 heterocycles. The Morgan fingerprint density at radius 2 is 1.88 bits per heavy atom. The number of amides is 1. The van der Waals surface area contributed by atoms with Crippen molar-refractivity contribution in [2.45, 2.75) is 38.1 Å². The van der Waals surface area contributed by atoms with E-state index in [-0.39, 0.29) is 30.2 Å². The Morgan fingerprint density at radius 1 is 1.12 bits per heavy atom. The molecule has 0 aliphatic carbocycles. The number of piperidine rings is 1. The first-order chi connectivity index (χ1) is 15.8. The maximum absolute atomic E-state index is 13.6. The molecule has 1 aromatic heterocycles. The summed E-state index contributed by atoms with van der Waals surface area (Å²) in [5, 5.41) is 0. The number of imidazole rings is 1. The molecule has 0 saturated carbocycles. The Bertz CT molecular complexity index is 1260. The lowest BCUT2D eigenvalue weighted by molar-refractivity contribution is -0.136. The quantitative estimate of drug-likeness (QED) is 0.647. The highest BCUT2D eigenvalue weighted by Crippen LogP contribution is 2.36. The third kappa shape index (κ3) is 3.99. The minimum Gasteiger partial charge on any atom is -0.467 e. The number of ether oxygens (including phenoxy) is 2. The highest BCUT2D eigenvalue weighted by Gasteiger charge is 2.36. The number of H-pyrrole nitrogens is 1. The molecular formula is C23H22F3N3O4. The van der Waals surface area contributed by atoms with Crippen molar-refractivity contribution < 1.29 is 27.4 Å². The Balaban J connectivity index is 1.33. The Morgan fingerprint density at radius 3 is 2.64 bits per heavy atom. The summed E-state index contributed by atoms with van der Waals surface area (Å²) in [6, 6.07) is 8.85. The SMILES string of the molecule is O=C(Cc1cccc2c1COCO2)N1CCC(n2c(=O)[nH]c3cccc(C(F)(F)F)c32)CC1. The van der Waals surface area contributed by atoms with Gasteiger partial charge in [-0.05, 0) is 36.6 Å². The van der Waals surface area contributed by atoms with Crippen molar-refractivity contribution in [1.82, 2.24) is 14.5 Å². The van der Waals surface area contributed by atoms with Gasteiger partial charge in [-0.1, -0.05) is 18.2 Å². The molecule has 1 saturated heterocycles. The van der Waals surface area contributed by atoms with Crippen LogP contribution in [0.4, 0.5) is 13.2 Å². The van der Waals surface area contributed by atoms with Crippen molar-refractivity contribution in [3.05, 3.63) is 63.6 Å². The number of fused-ring (bicyclic) bond motifs is 2. The fourth-order valence-corrected chi connectivity index (χ4v) is 4.73. The summed E-state index contributed by atoms with van der Waals surface area (Å²) in [5.41, 5.74) is 0.318. The Kier molecular flexibility index (Phi) is 5.40. The second kappa shape index (κ2) is 8.26. The van der Waals surface area contributed by atoms with Gasteiger partial charge in [-0.2, -0.15) is 13.2 Å². The predicted octanol–water partition coefficient (Wildman–Crippen LogP) is 3.62. The van der Waals surface area contributed by atoms with E-state index >= 15 is 0 Å². The number of nitrogens with zero attached hydrogens (tertiary/aromatic N) is 2. The lowest BCUT2D eigenvalue weighted by atomic mass is 10.0. The van der Waals surface area contributed by atoms with Crippen LogP contribution >= 0.6 is 0 Å². The first-order valence-electron chi connectivity index (χ1n) is 10.7. The predicted molar refractivity (Wildman–Crippen MR) is 113 cm³/mol. The van der Waals surface area contributed by atoms with Gasteiger partial charge in [-0.25, -0.2) is 4.79 Å². The van der Waals surface area contributed by atoms with Gasteiger partial charge in [0.05, 0.1) is 29.6 Å². The van der Waals surface area contributed by atoms with Crippen LogP contribution in [0.2, 0.25) is 0 Å². The summed E-state index contributed by atoms with van der Waals surface area (Å²) in [6.45, 7) is 1.28. The van der Waals surface area contributed by atoms with Gasteiger partial charge in [0.25, 0.3) is 0 Å². The maximum atomic E-state index is 13.6. The number of alkyl halides is 3. The number of likely N-dealkylation sites (tertiary alicyclic amines) is 1. The normalized spacial score (nSPS) is 17.1. The number of benzene rings is 2. The highest BCUT2D eigenvalue weighted by atomic mass is 19.4. The van der Waals surface area contributed by atoms with Crippen molar-refractivity contribution in [2.75, 3.05) is 19.9 Å². The number of carbonyl (C=O) groups is 1.